The third-order valence-electron chi connectivity index (χ3n) is 4.49. The van der Waals surface area contributed by atoms with Crippen LogP contribution in [0.3, 0.4) is 0 Å². The summed E-state index contributed by atoms with van der Waals surface area (Å²) in [5.74, 6) is 0.287. The Kier molecular flexibility index (Phi) is 4.38. The van der Waals surface area contributed by atoms with Gasteiger partial charge in [-0.05, 0) is 44.3 Å². The Labute approximate surface area is 124 Å². The smallest absolute Gasteiger partial charge is 0.237 e. The normalized spacial score (nSPS) is 26.6. The molecular formula is C15H23N3OS. The number of amides is 1. The fourth-order valence-electron chi connectivity index (χ4n) is 3.29. The lowest BCUT2D eigenvalue weighted by atomic mass is 10.2. The van der Waals surface area contributed by atoms with Crippen LogP contribution in [0.2, 0.25) is 0 Å². The molecule has 4 nitrogen and oxygen atoms in total. The molecule has 3 rings (SSSR count). The zero-order valence-corrected chi connectivity index (χ0v) is 12.9. The van der Waals surface area contributed by atoms with Crippen LogP contribution in [0.1, 0.15) is 30.2 Å². The molecule has 2 aliphatic heterocycles. The Morgan fingerprint density at radius 3 is 3.15 bits per heavy atom. The van der Waals surface area contributed by atoms with Gasteiger partial charge in [0.25, 0.3) is 0 Å². The summed E-state index contributed by atoms with van der Waals surface area (Å²) >= 11 is 1.77. The third kappa shape index (κ3) is 2.90. The summed E-state index contributed by atoms with van der Waals surface area (Å²) in [6.07, 6.45) is 3.39. The number of carbonyl (C=O) groups excluding carboxylic acids is 1. The van der Waals surface area contributed by atoms with E-state index < -0.39 is 0 Å². The van der Waals surface area contributed by atoms with Gasteiger partial charge in [0.1, 0.15) is 0 Å². The highest BCUT2D eigenvalue weighted by molar-refractivity contribution is 7.10. The molecule has 2 atom stereocenters. The zero-order chi connectivity index (χ0) is 13.9. The van der Waals surface area contributed by atoms with Gasteiger partial charge >= 0.3 is 0 Å². The van der Waals surface area contributed by atoms with E-state index in [0.29, 0.717) is 18.6 Å². The van der Waals surface area contributed by atoms with Crippen LogP contribution >= 0.6 is 11.3 Å². The van der Waals surface area contributed by atoms with Crippen molar-refractivity contribution in [2.75, 3.05) is 33.2 Å². The first kappa shape index (κ1) is 14.0. The molecule has 0 aromatic carbocycles. The number of nitrogens with zero attached hydrogens (tertiary/aromatic N) is 2. The zero-order valence-electron chi connectivity index (χ0n) is 12.0. The van der Waals surface area contributed by atoms with Crippen LogP contribution in [0, 0.1) is 0 Å². The van der Waals surface area contributed by atoms with Crippen LogP contribution in [0.15, 0.2) is 17.5 Å². The number of likely N-dealkylation sites (tertiary alicyclic amines) is 1. The summed E-state index contributed by atoms with van der Waals surface area (Å²) in [6, 6.07) is 5.07. The second kappa shape index (κ2) is 6.24. The molecule has 2 aliphatic rings. The summed E-state index contributed by atoms with van der Waals surface area (Å²) in [7, 11) is 2.08. The minimum atomic E-state index is 0.287. The molecular weight excluding hydrogens is 270 g/mol. The highest BCUT2D eigenvalue weighted by Crippen LogP contribution is 2.34. The van der Waals surface area contributed by atoms with Gasteiger partial charge in [0.2, 0.25) is 5.91 Å². The van der Waals surface area contributed by atoms with E-state index in [1.165, 1.54) is 4.88 Å². The van der Waals surface area contributed by atoms with Crippen LogP contribution in [0.25, 0.3) is 0 Å². The van der Waals surface area contributed by atoms with Crippen molar-refractivity contribution in [3.63, 3.8) is 0 Å². The first-order valence-corrected chi connectivity index (χ1v) is 8.37. The van der Waals surface area contributed by atoms with Crippen LogP contribution in [0.5, 0.6) is 0 Å². The van der Waals surface area contributed by atoms with Crippen LogP contribution in [-0.2, 0) is 4.79 Å². The van der Waals surface area contributed by atoms with E-state index in [1.807, 2.05) is 0 Å². The van der Waals surface area contributed by atoms with E-state index in [2.05, 4.69) is 39.7 Å². The molecule has 1 aromatic rings. The Bertz CT molecular complexity index is 442. The van der Waals surface area contributed by atoms with E-state index in [1.54, 1.807) is 11.3 Å². The van der Waals surface area contributed by atoms with Gasteiger partial charge < -0.3 is 10.2 Å². The van der Waals surface area contributed by atoms with Gasteiger partial charge in [0, 0.05) is 24.0 Å². The largest absolute Gasteiger partial charge is 0.334 e. The standard InChI is InChI=1S/C15H23N3OS/c1-17(12-6-7-16-10-12)11-15(19)18-8-2-4-13(18)14-5-3-9-20-14/h3,5,9,12-13,16H,2,4,6-8,10-11H2,1H3. The maximum atomic E-state index is 12.6. The lowest BCUT2D eigenvalue weighted by molar-refractivity contribution is -0.133. The molecule has 0 spiro atoms. The molecule has 20 heavy (non-hydrogen) atoms. The summed E-state index contributed by atoms with van der Waals surface area (Å²) in [5.41, 5.74) is 0. The maximum absolute atomic E-state index is 12.6. The Hall–Kier alpha value is -0.910. The van der Waals surface area contributed by atoms with E-state index >= 15 is 0 Å². The summed E-state index contributed by atoms with van der Waals surface area (Å²) in [5, 5.41) is 5.47. The van der Waals surface area contributed by atoms with E-state index in [9.17, 15) is 4.79 Å². The average Bonchev–Trinajstić information content (AvgIpc) is 3.19. The second-order valence-corrected chi connectivity index (χ2v) is 6.80. The SMILES string of the molecule is CN(CC(=O)N1CCCC1c1cccs1)C1CCNC1. The van der Waals surface area contributed by atoms with Crippen LogP contribution < -0.4 is 5.32 Å². The van der Waals surface area contributed by atoms with E-state index in [-0.39, 0.29) is 5.91 Å². The van der Waals surface area contributed by atoms with Crippen molar-refractivity contribution in [3.05, 3.63) is 22.4 Å². The van der Waals surface area contributed by atoms with Crippen molar-refractivity contribution in [1.82, 2.24) is 15.1 Å². The van der Waals surface area contributed by atoms with Crippen molar-refractivity contribution in [2.45, 2.75) is 31.3 Å². The predicted octanol–water partition coefficient (Wildman–Crippen LogP) is 1.71. The monoisotopic (exact) mass is 293 g/mol. The first-order valence-electron chi connectivity index (χ1n) is 7.49. The molecule has 3 heterocycles. The number of nitrogens with one attached hydrogen (secondary N) is 1. The molecule has 5 heteroatoms. The van der Waals surface area contributed by atoms with Crippen LogP contribution in [0.4, 0.5) is 0 Å². The van der Waals surface area contributed by atoms with Crippen molar-refractivity contribution in [3.8, 4) is 0 Å². The highest BCUT2D eigenvalue weighted by Gasteiger charge is 2.32. The van der Waals surface area contributed by atoms with Gasteiger partial charge in [-0.1, -0.05) is 6.07 Å². The fourth-order valence-corrected chi connectivity index (χ4v) is 4.16. The Morgan fingerprint density at radius 1 is 1.55 bits per heavy atom. The fraction of sp³-hybridized carbons (Fsp3) is 0.667. The molecule has 1 aromatic heterocycles. The van der Waals surface area contributed by atoms with Gasteiger partial charge in [-0.15, -0.1) is 11.3 Å². The minimum Gasteiger partial charge on any atom is -0.334 e. The highest BCUT2D eigenvalue weighted by atomic mass is 32.1. The topological polar surface area (TPSA) is 35.6 Å². The summed E-state index contributed by atoms with van der Waals surface area (Å²) < 4.78 is 0. The third-order valence-corrected chi connectivity index (χ3v) is 5.46. The minimum absolute atomic E-state index is 0.287. The van der Waals surface area contributed by atoms with E-state index in [4.69, 9.17) is 0 Å². The summed E-state index contributed by atoms with van der Waals surface area (Å²) in [4.78, 5) is 18.2. The number of hydrogen-bond donors (Lipinski definition) is 1. The van der Waals surface area contributed by atoms with Crippen molar-refractivity contribution < 1.29 is 4.79 Å². The molecule has 2 saturated heterocycles. The lowest BCUT2D eigenvalue weighted by Crippen LogP contribution is -2.43. The number of thiophene rings is 1. The molecule has 0 radical (unpaired) electrons. The first-order chi connectivity index (χ1) is 9.75. The molecule has 110 valence electrons. The Balaban J connectivity index is 1.61. The van der Waals surface area contributed by atoms with Crippen LogP contribution in [-0.4, -0.2) is 55.0 Å². The average molecular weight is 293 g/mol. The van der Waals surface area contributed by atoms with Gasteiger partial charge in [0.15, 0.2) is 0 Å². The quantitative estimate of drug-likeness (QED) is 0.918. The van der Waals surface area contributed by atoms with Crippen molar-refractivity contribution in [2.24, 2.45) is 0 Å². The molecule has 2 fully saturated rings. The predicted molar refractivity (Wildman–Crippen MR) is 81.9 cm³/mol. The van der Waals surface area contributed by atoms with Gasteiger partial charge in [-0.2, -0.15) is 0 Å². The van der Waals surface area contributed by atoms with E-state index in [0.717, 1.165) is 38.9 Å². The number of carbonyl (C=O) groups is 1. The molecule has 0 bridgehead atoms. The molecule has 2 unspecified atom stereocenters. The van der Waals surface area contributed by atoms with Gasteiger partial charge in [-0.3, -0.25) is 9.69 Å². The molecule has 1 N–H and O–H groups in total. The molecule has 0 saturated carbocycles. The lowest BCUT2D eigenvalue weighted by Gasteiger charge is -2.29. The second-order valence-electron chi connectivity index (χ2n) is 5.82. The Morgan fingerprint density at radius 2 is 2.45 bits per heavy atom. The summed E-state index contributed by atoms with van der Waals surface area (Å²) in [6.45, 7) is 3.55. The maximum Gasteiger partial charge on any atom is 0.237 e. The number of rotatable bonds is 4. The van der Waals surface area contributed by atoms with Gasteiger partial charge in [-0.25, -0.2) is 0 Å². The van der Waals surface area contributed by atoms with Crippen molar-refractivity contribution >= 4 is 17.2 Å². The number of hydrogen-bond acceptors (Lipinski definition) is 4. The van der Waals surface area contributed by atoms with Gasteiger partial charge in [0.05, 0.1) is 12.6 Å². The van der Waals surface area contributed by atoms with Crippen molar-refractivity contribution in [1.29, 1.82) is 0 Å². The molecule has 0 aliphatic carbocycles. The number of likely N-dealkylation sites (N-methyl/N-ethyl adjacent to an activating group) is 1. The molecule has 1 amide bonds.